The first-order valence-corrected chi connectivity index (χ1v) is 10.9. The quantitative estimate of drug-likeness (QED) is 0.468. The van der Waals surface area contributed by atoms with Gasteiger partial charge in [0.25, 0.3) is 0 Å². The molecule has 162 valence electrons. The van der Waals surface area contributed by atoms with Crippen LogP contribution in [0, 0.1) is 11.8 Å². The Hall–Kier alpha value is -3.52. The number of carbonyl (C=O) groups excluding carboxylic acids is 1. The van der Waals surface area contributed by atoms with Crippen molar-refractivity contribution in [1.29, 1.82) is 0 Å². The number of Topliss-reactive ketones (excluding diaryl/α,β-unsaturated/α-hetero) is 1. The zero-order valence-corrected chi connectivity index (χ0v) is 18.0. The van der Waals surface area contributed by atoms with E-state index in [0.717, 1.165) is 42.3 Å². The highest BCUT2D eigenvalue weighted by Gasteiger charge is 2.54. The molecule has 1 saturated heterocycles. The largest absolute Gasteiger partial charge is 0.423 e. The van der Waals surface area contributed by atoms with E-state index in [1.54, 1.807) is 12.1 Å². The normalized spacial score (nSPS) is 22.2. The van der Waals surface area contributed by atoms with Crippen molar-refractivity contribution in [2.75, 3.05) is 30.4 Å². The summed E-state index contributed by atoms with van der Waals surface area (Å²) in [6.45, 7) is 3.30. The summed E-state index contributed by atoms with van der Waals surface area (Å²) in [5, 5.41) is 3.29. The Kier molecular flexibility index (Phi) is 4.19. The summed E-state index contributed by atoms with van der Waals surface area (Å²) >= 11 is 0. The predicted molar refractivity (Wildman–Crippen MR) is 121 cm³/mol. The van der Waals surface area contributed by atoms with E-state index in [1.807, 2.05) is 7.05 Å². The van der Waals surface area contributed by atoms with Crippen molar-refractivity contribution in [3.05, 3.63) is 53.5 Å². The topological polar surface area (TPSA) is 106 Å². The van der Waals surface area contributed by atoms with Gasteiger partial charge in [-0.05, 0) is 41.2 Å². The Balaban J connectivity index is 1.40. The van der Waals surface area contributed by atoms with E-state index in [9.17, 15) is 4.79 Å². The minimum atomic E-state index is -0.0866. The number of ether oxygens (including phenoxy) is 1. The summed E-state index contributed by atoms with van der Waals surface area (Å²) in [7, 11) is 1.94. The predicted octanol–water partition coefficient (Wildman–Crippen LogP) is 2.87. The van der Waals surface area contributed by atoms with Gasteiger partial charge in [-0.15, -0.1) is 0 Å². The number of ketones is 1. The third-order valence-corrected chi connectivity index (χ3v) is 6.87. The lowest BCUT2D eigenvalue weighted by Crippen LogP contribution is -2.29. The highest BCUT2D eigenvalue weighted by molar-refractivity contribution is 5.92. The second-order valence-electron chi connectivity index (χ2n) is 8.76. The summed E-state index contributed by atoms with van der Waals surface area (Å²) in [6, 6.07) is 10.3. The van der Waals surface area contributed by atoms with E-state index in [1.165, 1.54) is 24.2 Å². The average molecular weight is 428 g/mol. The molecule has 8 nitrogen and oxygen atoms in total. The number of pyridine rings is 1. The number of nitrogens with two attached hydrogens (primary N) is 1. The monoisotopic (exact) mass is 428 g/mol. The second kappa shape index (κ2) is 7.00. The van der Waals surface area contributed by atoms with Crippen molar-refractivity contribution in [3.8, 4) is 22.9 Å². The molecule has 8 heteroatoms. The second-order valence-corrected chi connectivity index (χ2v) is 8.76. The van der Waals surface area contributed by atoms with E-state index in [2.05, 4.69) is 33.4 Å². The summed E-state index contributed by atoms with van der Waals surface area (Å²) in [4.78, 5) is 27.6. The number of hydrogen-bond acceptors (Lipinski definition) is 8. The van der Waals surface area contributed by atoms with Gasteiger partial charge < -0.3 is 20.7 Å². The van der Waals surface area contributed by atoms with Gasteiger partial charge >= 0.3 is 6.01 Å². The number of hydrogen-bond donors (Lipinski definition) is 2. The smallest absolute Gasteiger partial charge is 0.324 e. The number of fused-ring (bicyclic) bond motifs is 4. The molecular formula is C24H24N6O2. The maximum atomic E-state index is 11.5. The van der Waals surface area contributed by atoms with Crippen LogP contribution in [0.2, 0.25) is 0 Å². The number of piperidine rings is 1. The Morgan fingerprint density at radius 1 is 1.19 bits per heavy atom. The van der Waals surface area contributed by atoms with Crippen molar-refractivity contribution < 1.29 is 9.53 Å². The van der Waals surface area contributed by atoms with Crippen molar-refractivity contribution in [2.45, 2.75) is 19.4 Å². The lowest BCUT2D eigenvalue weighted by molar-refractivity contribution is 0.101. The summed E-state index contributed by atoms with van der Waals surface area (Å²) in [5.41, 5.74) is 12.1. The minimum Gasteiger partial charge on any atom is -0.423 e. The molecule has 2 aliphatic carbocycles. The molecule has 1 aliphatic heterocycles. The third-order valence-electron chi connectivity index (χ3n) is 6.87. The SMILES string of the molecule is CNc1cccc2c1Cc1nc(Oc3ccc(C(C)=O)nc3)nc(N3CC4C(N)C4C3)c1-2. The van der Waals surface area contributed by atoms with Gasteiger partial charge in [-0.2, -0.15) is 9.97 Å². The highest BCUT2D eigenvalue weighted by atomic mass is 16.5. The Morgan fingerprint density at radius 3 is 2.69 bits per heavy atom. The highest BCUT2D eigenvalue weighted by Crippen LogP contribution is 2.50. The Morgan fingerprint density at radius 2 is 2.00 bits per heavy atom. The van der Waals surface area contributed by atoms with Gasteiger partial charge in [-0.25, -0.2) is 4.98 Å². The summed E-state index contributed by atoms with van der Waals surface area (Å²) in [5.74, 6) is 2.40. The molecule has 0 amide bonds. The van der Waals surface area contributed by atoms with Crippen LogP contribution in [-0.2, 0) is 6.42 Å². The van der Waals surface area contributed by atoms with Crippen LogP contribution in [0.5, 0.6) is 11.8 Å². The van der Waals surface area contributed by atoms with Gasteiger partial charge in [-0.1, -0.05) is 12.1 Å². The first kappa shape index (κ1) is 19.2. The molecule has 0 bridgehead atoms. The molecule has 2 atom stereocenters. The first-order chi connectivity index (χ1) is 15.5. The fraction of sp³-hybridized carbons (Fsp3) is 0.333. The van der Waals surface area contributed by atoms with E-state index >= 15 is 0 Å². The van der Waals surface area contributed by atoms with Crippen LogP contribution in [0.3, 0.4) is 0 Å². The molecule has 2 unspecified atom stereocenters. The maximum Gasteiger partial charge on any atom is 0.324 e. The van der Waals surface area contributed by atoms with Crippen molar-refractivity contribution in [2.24, 2.45) is 17.6 Å². The van der Waals surface area contributed by atoms with Gasteiger partial charge in [0.1, 0.15) is 17.3 Å². The molecule has 3 aromatic rings. The van der Waals surface area contributed by atoms with Crippen LogP contribution in [0.1, 0.15) is 28.7 Å². The Bertz CT molecular complexity index is 1230. The molecule has 32 heavy (non-hydrogen) atoms. The van der Waals surface area contributed by atoms with E-state index in [0.29, 0.717) is 35.3 Å². The van der Waals surface area contributed by atoms with Crippen LogP contribution >= 0.6 is 0 Å². The number of nitrogens with one attached hydrogen (secondary N) is 1. The molecule has 2 aromatic heterocycles. The van der Waals surface area contributed by atoms with E-state index in [-0.39, 0.29) is 5.78 Å². The van der Waals surface area contributed by atoms with Crippen molar-refractivity contribution >= 4 is 17.3 Å². The van der Waals surface area contributed by atoms with E-state index < -0.39 is 0 Å². The number of nitrogens with zero attached hydrogens (tertiary/aromatic N) is 4. The molecule has 3 heterocycles. The molecule has 3 N–H and O–H groups in total. The van der Waals surface area contributed by atoms with Crippen molar-refractivity contribution in [3.63, 3.8) is 0 Å². The molecule has 6 rings (SSSR count). The van der Waals surface area contributed by atoms with Gasteiger partial charge in [0.05, 0.1) is 11.9 Å². The summed E-state index contributed by atoms with van der Waals surface area (Å²) in [6.07, 6.45) is 2.25. The van der Waals surface area contributed by atoms with E-state index in [4.69, 9.17) is 20.4 Å². The van der Waals surface area contributed by atoms with Gasteiger partial charge in [0.2, 0.25) is 0 Å². The fourth-order valence-corrected chi connectivity index (χ4v) is 5.06. The van der Waals surface area contributed by atoms with Crippen LogP contribution in [0.15, 0.2) is 36.5 Å². The van der Waals surface area contributed by atoms with Gasteiger partial charge in [0, 0.05) is 50.8 Å². The van der Waals surface area contributed by atoms with Crippen molar-refractivity contribution in [1.82, 2.24) is 15.0 Å². The number of rotatable bonds is 5. The van der Waals surface area contributed by atoms with Crippen LogP contribution < -0.4 is 20.7 Å². The lowest BCUT2D eigenvalue weighted by Gasteiger charge is -2.23. The average Bonchev–Trinajstić information content (AvgIpc) is 3.14. The fourth-order valence-electron chi connectivity index (χ4n) is 5.06. The molecule has 1 aromatic carbocycles. The molecule has 0 radical (unpaired) electrons. The summed E-state index contributed by atoms with van der Waals surface area (Å²) < 4.78 is 5.99. The van der Waals surface area contributed by atoms with Crippen LogP contribution in [0.4, 0.5) is 11.5 Å². The maximum absolute atomic E-state index is 11.5. The van der Waals surface area contributed by atoms with Crippen LogP contribution in [-0.4, -0.2) is 46.9 Å². The number of anilines is 2. The zero-order valence-electron chi connectivity index (χ0n) is 18.0. The Labute approximate surface area is 185 Å². The lowest BCUT2D eigenvalue weighted by atomic mass is 10.1. The zero-order chi connectivity index (χ0) is 22.0. The number of carbonyl (C=O) groups is 1. The molecule has 3 aliphatic rings. The van der Waals surface area contributed by atoms with Gasteiger partial charge in [-0.3, -0.25) is 4.79 Å². The molecule has 1 saturated carbocycles. The molecular weight excluding hydrogens is 404 g/mol. The minimum absolute atomic E-state index is 0.0866. The van der Waals surface area contributed by atoms with Crippen LogP contribution in [0.25, 0.3) is 11.1 Å². The first-order valence-electron chi connectivity index (χ1n) is 10.9. The third kappa shape index (κ3) is 2.94. The number of benzene rings is 1. The molecule has 0 spiro atoms. The standard InChI is InChI=1S/C24H24N6O2/c1-12(31)18-7-6-13(9-27-18)32-24-28-20-8-15-14(4-3-5-19(15)26-2)21(20)23(29-24)30-10-16-17(11-30)22(16)25/h3-7,9,16-17,22,26H,8,10-11,25H2,1-2H3. The molecule has 2 fully saturated rings. The number of aromatic nitrogens is 3. The van der Waals surface area contributed by atoms with Gasteiger partial charge in [0.15, 0.2) is 5.78 Å².